The van der Waals surface area contributed by atoms with Crippen LogP contribution in [0.15, 0.2) is 46.9 Å². The summed E-state index contributed by atoms with van der Waals surface area (Å²) >= 11 is 3.60. The van der Waals surface area contributed by atoms with Crippen LogP contribution in [0.1, 0.15) is 18.1 Å². The molecule has 0 spiro atoms. The molecule has 0 atom stereocenters. The molecule has 2 N–H and O–H groups in total. The molecule has 0 saturated heterocycles. The average molecular weight is 424 g/mol. The Morgan fingerprint density at radius 2 is 1.85 bits per heavy atom. The Balaban J connectivity index is 1.97. The minimum Gasteiger partial charge on any atom is -0.490 e. The van der Waals surface area contributed by atoms with Crippen LogP contribution in [0.2, 0.25) is 0 Å². The molecular weight excluding hydrogens is 398 g/mol. The fraction of sp³-hybridized carbons (Fsp3) is 0.400. The van der Waals surface area contributed by atoms with E-state index < -0.39 is 0 Å². The lowest BCUT2D eigenvalue weighted by molar-refractivity contribution is 0.0938. The predicted molar refractivity (Wildman–Crippen MR) is 106 cm³/mol. The van der Waals surface area contributed by atoms with Crippen molar-refractivity contribution in [1.29, 1.82) is 0 Å². The second kappa shape index (κ2) is 11.9. The molecule has 0 aliphatic rings. The van der Waals surface area contributed by atoms with Gasteiger partial charge in [0.1, 0.15) is 6.61 Å². The third kappa shape index (κ3) is 6.96. The first kappa shape index (κ1) is 20.7. The maximum atomic E-state index is 8.68. The van der Waals surface area contributed by atoms with Crippen LogP contribution in [0.25, 0.3) is 0 Å². The van der Waals surface area contributed by atoms with Crippen molar-refractivity contribution in [2.24, 2.45) is 0 Å². The summed E-state index contributed by atoms with van der Waals surface area (Å²) in [5.74, 6) is 1.44. The summed E-state index contributed by atoms with van der Waals surface area (Å²) in [6.45, 7) is 5.41. The highest BCUT2D eigenvalue weighted by molar-refractivity contribution is 9.10. The highest BCUT2D eigenvalue weighted by atomic mass is 79.9. The molecule has 0 aliphatic carbocycles. The quantitative estimate of drug-likeness (QED) is 0.511. The van der Waals surface area contributed by atoms with Crippen LogP contribution < -0.4 is 14.8 Å². The normalized spacial score (nSPS) is 10.7. The third-order valence-corrected chi connectivity index (χ3v) is 4.17. The summed E-state index contributed by atoms with van der Waals surface area (Å²) in [4.78, 5) is 0. The van der Waals surface area contributed by atoms with Crippen molar-refractivity contribution >= 4 is 15.9 Å². The number of hydrogen-bond acceptors (Lipinski definition) is 5. The standard InChI is InChI=1S/C20H26BrNO4/c1-2-25-19-13-17(14-22-8-10-24-11-9-23)12-18(21)20(19)26-15-16-6-4-3-5-7-16/h3-7,12-13,22-23H,2,8-11,14-15H2,1H3. The monoisotopic (exact) mass is 423 g/mol. The van der Waals surface area contributed by atoms with E-state index in [-0.39, 0.29) is 6.61 Å². The van der Waals surface area contributed by atoms with Crippen LogP contribution in [0.4, 0.5) is 0 Å². The van der Waals surface area contributed by atoms with Gasteiger partial charge < -0.3 is 24.6 Å². The molecule has 0 aliphatic heterocycles. The van der Waals surface area contributed by atoms with Gasteiger partial charge in [-0.05, 0) is 46.1 Å². The van der Waals surface area contributed by atoms with Crippen LogP contribution in [0, 0.1) is 0 Å². The van der Waals surface area contributed by atoms with Crippen molar-refractivity contribution in [1.82, 2.24) is 5.32 Å². The molecule has 0 saturated carbocycles. The zero-order valence-electron chi connectivity index (χ0n) is 15.0. The minimum absolute atomic E-state index is 0.0507. The van der Waals surface area contributed by atoms with Crippen LogP contribution in [-0.2, 0) is 17.9 Å². The zero-order chi connectivity index (χ0) is 18.6. The number of benzene rings is 2. The van der Waals surface area contributed by atoms with E-state index in [4.69, 9.17) is 19.3 Å². The lowest BCUT2D eigenvalue weighted by atomic mass is 10.2. The van der Waals surface area contributed by atoms with Gasteiger partial charge in [0.2, 0.25) is 0 Å². The SMILES string of the molecule is CCOc1cc(CNCCOCCO)cc(Br)c1OCc1ccccc1. The molecule has 0 heterocycles. The van der Waals surface area contributed by atoms with Gasteiger partial charge in [0.15, 0.2) is 11.5 Å². The van der Waals surface area contributed by atoms with Gasteiger partial charge >= 0.3 is 0 Å². The summed E-state index contributed by atoms with van der Waals surface area (Å²) in [7, 11) is 0. The van der Waals surface area contributed by atoms with Crippen molar-refractivity contribution in [2.45, 2.75) is 20.1 Å². The Morgan fingerprint density at radius 3 is 2.58 bits per heavy atom. The molecule has 0 unspecified atom stereocenters. The van der Waals surface area contributed by atoms with Crippen LogP contribution in [0.5, 0.6) is 11.5 Å². The number of halogens is 1. The summed E-state index contributed by atoms with van der Waals surface area (Å²) in [5.41, 5.74) is 2.20. The molecule has 142 valence electrons. The summed E-state index contributed by atoms with van der Waals surface area (Å²) < 4.78 is 17.9. The van der Waals surface area contributed by atoms with Gasteiger partial charge in [0, 0.05) is 13.1 Å². The van der Waals surface area contributed by atoms with E-state index in [1.54, 1.807) is 0 Å². The van der Waals surface area contributed by atoms with Crippen molar-refractivity contribution in [3.63, 3.8) is 0 Å². The first-order chi connectivity index (χ1) is 12.7. The number of rotatable bonds is 12. The van der Waals surface area contributed by atoms with Gasteiger partial charge in [-0.15, -0.1) is 0 Å². The second-order valence-corrected chi connectivity index (χ2v) is 6.48. The molecular formula is C20H26BrNO4. The predicted octanol–water partition coefficient (Wildman–Crippen LogP) is 3.53. The minimum atomic E-state index is 0.0507. The van der Waals surface area contributed by atoms with E-state index in [0.717, 1.165) is 21.3 Å². The van der Waals surface area contributed by atoms with Crippen molar-refractivity contribution in [3.05, 3.63) is 58.1 Å². The highest BCUT2D eigenvalue weighted by Gasteiger charge is 2.12. The zero-order valence-corrected chi connectivity index (χ0v) is 16.6. The van der Waals surface area contributed by atoms with E-state index in [0.29, 0.717) is 45.3 Å². The molecule has 26 heavy (non-hydrogen) atoms. The Morgan fingerprint density at radius 1 is 1.04 bits per heavy atom. The Hall–Kier alpha value is -1.60. The van der Waals surface area contributed by atoms with Gasteiger partial charge in [0.25, 0.3) is 0 Å². The van der Waals surface area contributed by atoms with Gasteiger partial charge in [-0.25, -0.2) is 0 Å². The molecule has 0 amide bonds. The number of hydrogen-bond donors (Lipinski definition) is 2. The molecule has 0 aromatic heterocycles. The van der Waals surface area contributed by atoms with Crippen LogP contribution >= 0.6 is 15.9 Å². The van der Waals surface area contributed by atoms with E-state index in [1.165, 1.54) is 0 Å². The maximum Gasteiger partial charge on any atom is 0.175 e. The smallest absolute Gasteiger partial charge is 0.175 e. The van der Waals surface area contributed by atoms with Crippen molar-refractivity contribution < 1.29 is 19.3 Å². The lowest BCUT2D eigenvalue weighted by Gasteiger charge is -2.16. The molecule has 2 aromatic carbocycles. The molecule has 2 rings (SSSR count). The first-order valence-corrected chi connectivity index (χ1v) is 9.55. The largest absolute Gasteiger partial charge is 0.490 e. The fourth-order valence-corrected chi connectivity index (χ4v) is 3.00. The van der Waals surface area contributed by atoms with Crippen LogP contribution in [-0.4, -0.2) is 38.1 Å². The number of aliphatic hydroxyl groups is 1. The fourth-order valence-electron chi connectivity index (χ4n) is 2.40. The summed E-state index contributed by atoms with van der Waals surface area (Å²) in [6.07, 6.45) is 0. The Labute approximate surface area is 163 Å². The van der Waals surface area contributed by atoms with Gasteiger partial charge in [-0.1, -0.05) is 30.3 Å². The van der Waals surface area contributed by atoms with E-state index >= 15 is 0 Å². The van der Waals surface area contributed by atoms with Crippen molar-refractivity contribution in [2.75, 3.05) is 33.0 Å². The third-order valence-electron chi connectivity index (χ3n) is 3.58. The molecule has 0 fully saturated rings. The molecule has 0 bridgehead atoms. The first-order valence-electron chi connectivity index (χ1n) is 8.75. The van der Waals surface area contributed by atoms with Gasteiger partial charge in [-0.2, -0.15) is 0 Å². The van der Waals surface area contributed by atoms with Crippen LogP contribution in [0.3, 0.4) is 0 Å². The Kier molecular flexibility index (Phi) is 9.48. The summed E-state index contributed by atoms with van der Waals surface area (Å²) in [5, 5.41) is 12.0. The number of ether oxygens (including phenoxy) is 3. The number of nitrogens with one attached hydrogen (secondary N) is 1. The maximum absolute atomic E-state index is 8.68. The van der Waals surface area contributed by atoms with Crippen molar-refractivity contribution in [3.8, 4) is 11.5 Å². The molecule has 0 radical (unpaired) electrons. The van der Waals surface area contributed by atoms with E-state index in [1.807, 2.05) is 49.4 Å². The summed E-state index contributed by atoms with van der Waals surface area (Å²) in [6, 6.07) is 14.1. The van der Waals surface area contributed by atoms with E-state index in [9.17, 15) is 0 Å². The molecule has 6 heteroatoms. The average Bonchev–Trinajstić information content (AvgIpc) is 2.65. The van der Waals surface area contributed by atoms with Gasteiger partial charge in [-0.3, -0.25) is 0 Å². The molecule has 2 aromatic rings. The Bertz CT molecular complexity index is 652. The lowest BCUT2D eigenvalue weighted by Crippen LogP contribution is -2.20. The number of aliphatic hydroxyl groups excluding tert-OH is 1. The van der Waals surface area contributed by atoms with Gasteiger partial charge in [0.05, 0.1) is 30.9 Å². The topological polar surface area (TPSA) is 60.0 Å². The second-order valence-electron chi connectivity index (χ2n) is 5.62. The molecule has 5 nitrogen and oxygen atoms in total. The van der Waals surface area contributed by atoms with E-state index in [2.05, 4.69) is 21.2 Å². The highest BCUT2D eigenvalue weighted by Crippen LogP contribution is 2.37.